The summed E-state index contributed by atoms with van der Waals surface area (Å²) in [7, 11) is 0. The van der Waals surface area contributed by atoms with E-state index in [1.165, 1.54) is 139 Å². The van der Waals surface area contributed by atoms with Crippen LogP contribution in [0.1, 0.15) is 143 Å². The maximum atomic E-state index is 2.61. The lowest BCUT2D eigenvalue weighted by Crippen LogP contribution is -2.61. The molecule has 2 aliphatic heterocycles. The van der Waals surface area contributed by atoms with Crippen LogP contribution >= 0.6 is 0 Å². The van der Waals surface area contributed by atoms with E-state index in [0.717, 1.165) is 29.9 Å². The molecule has 0 unspecified atom stereocenters. The molecule has 454 valence electrons. The Morgan fingerprint density at radius 2 is 0.630 bits per heavy atom. The lowest BCUT2D eigenvalue weighted by Gasteiger charge is -2.44. The third-order valence-corrected chi connectivity index (χ3v) is 21.7. The maximum absolute atomic E-state index is 2.61. The zero-order valence-electron chi connectivity index (χ0n) is 56.3. The summed E-state index contributed by atoms with van der Waals surface area (Å²) in [6.07, 6.45) is 2.28. The Morgan fingerprint density at radius 3 is 1.01 bits per heavy atom. The van der Waals surface area contributed by atoms with Gasteiger partial charge in [-0.15, -0.1) is 0 Å². The topological polar surface area (TPSA) is 11.4 Å². The largest absolute Gasteiger partial charge is 0.311 e. The number of benzene rings is 11. The number of rotatable bonds is 7. The zero-order valence-corrected chi connectivity index (χ0v) is 56.3. The fourth-order valence-corrected chi connectivity index (χ4v) is 17.5. The van der Waals surface area contributed by atoms with Gasteiger partial charge in [0.25, 0.3) is 6.71 Å². The monoisotopic (exact) mass is 1190 g/mol. The summed E-state index contributed by atoms with van der Waals surface area (Å²) >= 11 is 0. The minimum absolute atomic E-state index is 0.0382. The Kier molecular flexibility index (Phi) is 12.7. The van der Waals surface area contributed by atoms with Gasteiger partial charge in [0.1, 0.15) is 0 Å². The van der Waals surface area contributed by atoms with Gasteiger partial charge in [0.05, 0.1) is 16.7 Å². The highest BCUT2D eigenvalue weighted by atomic mass is 15.2. The zero-order chi connectivity index (χ0) is 63.8. The fraction of sp³-hybridized carbons (Fsp3) is 0.250. The highest BCUT2D eigenvalue weighted by Crippen LogP contribution is 2.53. The normalized spacial score (nSPS) is 16.3. The number of para-hydroxylation sites is 2. The third kappa shape index (κ3) is 9.20. The molecule has 1 aromatic heterocycles. The summed E-state index contributed by atoms with van der Waals surface area (Å²) < 4.78 is 2.53. The van der Waals surface area contributed by atoms with Crippen molar-refractivity contribution in [2.24, 2.45) is 0 Å². The van der Waals surface area contributed by atoms with Crippen molar-refractivity contribution in [1.29, 1.82) is 0 Å². The smallest absolute Gasteiger partial charge is 0.252 e. The van der Waals surface area contributed by atoms with Crippen molar-refractivity contribution in [3.8, 4) is 50.2 Å². The van der Waals surface area contributed by atoms with Crippen LogP contribution in [0.25, 0.3) is 72.0 Å². The first-order valence-electron chi connectivity index (χ1n) is 33.6. The van der Waals surface area contributed by atoms with E-state index in [0.29, 0.717) is 0 Å². The van der Waals surface area contributed by atoms with Crippen LogP contribution < -0.4 is 26.2 Å². The summed E-state index contributed by atoms with van der Waals surface area (Å²) in [5.74, 6) is 0. The number of hydrogen-bond acceptors (Lipinski definition) is 2. The van der Waals surface area contributed by atoms with E-state index in [-0.39, 0.29) is 39.2 Å². The molecule has 0 radical (unpaired) electrons. The van der Waals surface area contributed by atoms with E-state index in [9.17, 15) is 0 Å². The average Bonchev–Trinajstić information content (AvgIpc) is 0.904. The predicted octanol–water partition coefficient (Wildman–Crippen LogP) is 22.0. The molecule has 0 spiro atoms. The number of hydrogen-bond donors (Lipinski definition) is 0. The summed E-state index contributed by atoms with van der Waals surface area (Å²) in [5.41, 5.74) is 33.2. The van der Waals surface area contributed by atoms with E-state index in [4.69, 9.17) is 0 Å². The van der Waals surface area contributed by atoms with Crippen LogP contribution in [0.4, 0.5) is 34.1 Å². The Labute approximate surface area is 546 Å². The Balaban J connectivity index is 0.958. The van der Waals surface area contributed by atoms with Gasteiger partial charge in [-0.25, -0.2) is 0 Å². The molecule has 2 aliphatic carbocycles. The van der Waals surface area contributed by atoms with Gasteiger partial charge in [0.2, 0.25) is 0 Å². The predicted molar refractivity (Wildman–Crippen MR) is 395 cm³/mol. The Hall–Kier alpha value is -9.12. The molecule has 3 heterocycles. The molecule has 0 saturated carbocycles. The molecule has 0 amide bonds. The molecule has 4 heteroatoms. The average molecular weight is 1190 g/mol. The van der Waals surface area contributed by atoms with Gasteiger partial charge in [0, 0.05) is 44.9 Å². The summed E-state index contributed by atoms with van der Waals surface area (Å²) in [5, 5.41) is 2.48. The van der Waals surface area contributed by atoms with Crippen molar-refractivity contribution >= 4 is 79.0 Å². The van der Waals surface area contributed by atoms with E-state index >= 15 is 0 Å². The van der Waals surface area contributed by atoms with Gasteiger partial charge in [0.15, 0.2) is 0 Å². The third-order valence-electron chi connectivity index (χ3n) is 21.7. The van der Waals surface area contributed by atoms with Crippen LogP contribution in [0.5, 0.6) is 0 Å². The van der Waals surface area contributed by atoms with Crippen LogP contribution in [-0.4, -0.2) is 11.3 Å². The SMILES string of the molecule is CC(C)(C)c1ccc(-c2ccc3c(c2)N(c2ccc(-c4ccc5c(c4)C(C)(C)CC5(C)C)cc2)c2cc(-n4c5ccccc5c5ccccc54)cc4c2B3c2ccc(-c3ccc(C(C)(C)C)cc3)cc2N4c2ccc(-c3ccc4c(c3)C(C)(C)CC4(C)C)cc2)cc1. The van der Waals surface area contributed by atoms with Crippen LogP contribution in [0.15, 0.2) is 231 Å². The molecule has 11 aromatic carbocycles. The molecule has 0 bridgehead atoms. The van der Waals surface area contributed by atoms with E-state index in [1.54, 1.807) is 0 Å². The van der Waals surface area contributed by atoms with Gasteiger partial charge in [-0.2, -0.15) is 0 Å². The van der Waals surface area contributed by atoms with E-state index in [2.05, 4.69) is 342 Å². The quantitative estimate of drug-likeness (QED) is 0.147. The standard InChI is InChI=1S/C88H84BN3/c1-83(2,3)63-35-23-55(24-36-63)61-33-45-74-78(49-61)90(65-39-27-57(28-40-65)59-31-43-70-72(47-59)87(11,12)53-85(70,7)8)80-51-67(92-76-21-17-15-19-68(76)69-20-16-18-22-77(69)92)52-81-82(80)89(74)75-46-34-62(56-25-37-64(38-26-56)84(4,5)6)50-79(75)91(81)66-41-29-58(30-42-66)60-32-44-71-73(48-60)88(13,14)54-86(71,9)10/h15-52H,53-54H2,1-14H3. The first kappa shape index (κ1) is 58.0. The second-order valence-electron chi connectivity index (χ2n) is 32.1. The Morgan fingerprint density at radius 1 is 0.304 bits per heavy atom. The lowest BCUT2D eigenvalue weighted by molar-refractivity contribution is 0.402. The Bertz CT molecular complexity index is 4670. The van der Waals surface area contributed by atoms with Gasteiger partial charge in [-0.1, -0.05) is 267 Å². The highest BCUT2D eigenvalue weighted by molar-refractivity contribution is 7.00. The highest BCUT2D eigenvalue weighted by Gasteiger charge is 2.46. The maximum Gasteiger partial charge on any atom is 0.252 e. The molecule has 0 N–H and O–H groups in total. The van der Waals surface area contributed by atoms with Crippen molar-refractivity contribution in [2.45, 2.75) is 142 Å². The van der Waals surface area contributed by atoms with Crippen LogP contribution in [0.2, 0.25) is 0 Å². The van der Waals surface area contributed by atoms with Crippen molar-refractivity contribution in [2.75, 3.05) is 9.80 Å². The fourth-order valence-electron chi connectivity index (χ4n) is 17.5. The number of fused-ring (bicyclic) bond motifs is 9. The first-order chi connectivity index (χ1) is 43.8. The molecule has 3 nitrogen and oxygen atoms in total. The minimum Gasteiger partial charge on any atom is -0.311 e. The van der Waals surface area contributed by atoms with Crippen molar-refractivity contribution in [1.82, 2.24) is 4.57 Å². The molecule has 92 heavy (non-hydrogen) atoms. The molecular weight excluding hydrogens is 1110 g/mol. The van der Waals surface area contributed by atoms with E-state index in [1.807, 2.05) is 0 Å². The van der Waals surface area contributed by atoms with Gasteiger partial charge in [-0.3, -0.25) is 0 Å². The summed E-state index contributed by atoms with van der Waals surface area (Å²) in [4.78, 5) is 5.22. The van der Waals surface area contributed by atoms with Gasteiger partial charge < -0.3 is 14.4 Å². The summed E-state index contributed by atoms with van der Waals surface area (Å²) in [6.45, 7) is 33.0. The minimum atomic E-state index is -0.101. The molecule has 0 atom stereocenters. The summed E-state index contributed by atoms with van der Waals surface area (Å²) in [6, 6.07) is 89.8. The molecule has 12 aromatic rings. The van der Waals surface area contributed by atoms with Crippen molar-refractivity contribution < 1.29 is 0 Å². The second-order valence-corrected chi connectivity index (χ2v) is 32.1. The second kappa shape index (κ2) is 20.2. The van der Waals surface area contributed by atoms with Crippen LogP contribution in [-0.2, 0) is 32.5 Å². The van der Waals surface area contributed by atoms with Gasteiger partial charge >= 0.3 is 0 Å². The number of anilines is 6. The first-order valence-corrected chi connectivity index (χ1v) is 33.6. The number of nitrogens with zero attached hydrogens (tertiary/aromatic N) is 3. The molecule has 0 saturated heterocycles. The van der Waals surface area contributed by atoms with Gasteiger partial charge in [-0.05, 0) is 200 Å². The molecular formula is C88H84BN3. The van der Waals surface area contributed by atoms with Crippen LogP contribution in [0.3, 0.4) is 0 Å². The van der Waals surface area contributed by atoms with E-state index < -0.39 is 0 Å². The molecule has 16 rings (SSSR count). The van der Waals surface area contributed by atoms with Crippen LogP contribution in [0, 0.1) is 0 Å². The molecule has 0 fully saturated rings. The van der Waals surface area contributed by atoms with Crippen molar-refractivity contribution in [3.05, 3.63) is 264 Å². The van der Waals surface area contributed by atoms with Crippen molar-refractivity contribution in [3.63, 3.8) is 0 Å². The number of aromatic nitrogens is 1. The molecule has 4 aliphatic rings. The lowest BCUT2D eigenvalue weighted by atomic mass is 9.33.